The van der Waals surface area contributed by atoms with E-state index in [2.05, 4.69) is 0 Å². The van der Waals surface area contributed by atoms with E-state index in [1.165, 1.54) is 4.90 Å². The predicted molar refractivity (Wildman–Crippen MR) is 113 cm³/mol. The number of cyclic esters (lactones) is 1. The average molecular weight is 411 g/mol. The van der Waals surface area contributed by atoms with Crippen LogP contribution in [-0.2, 0) is 27.3 Å². The molecular weight excluding hydrogens is 382 g/mol. The van der Waals surface area contributed by atoms with E-state index >= 15 is 0 Å². The van der Waals surface area contributed by atoms with Gasteiger partial charge in [0, 0.05) is 5.92 Å². The summed E-state index contributed by atoms with van der Waals surface area (Å²) < 4.78 is 10.8. The Balaban J connectivity index is 1.56. The molecule has 1 fully saturated rings. The van der Waals surface area contributed by atoms with Gasteiger partial charge in [0.15, 0.2) is 0 Å². The molecule has 0 saturated carbocycles. The Morgan fingerprint density at radius 1 is 1.10 bits per heavy atom. The first-order valence-corrected chi connectivity index (χ1v) is 10.3. The van der Waals surface area contributed by atoms with Crippen molar-refractivity contribution < 1.29 is 24.2 Å². The van der Waals surface area contributed by atoms with Crippen LogP contribution in [0.4, 0.5) is 4.79 Å². The Morgan fingerprint density at radius 3 is 2.33 bits per heavy atom. The summed E-state index contributed by atoms with van der Waals surface area (Å²) in [6.45, 7) is 4.40. The number of carbonyl (C=O) groups is 2. The van der Waals surface area contributed by atoms with E-state index in [1.807, 2.05) is 67.6 Å². The fourth-order valence-electron chi connectivity index (χ4n) is 3.66. The van der Waals surface area contributed by atoms with Gasteiger partial charge in [-0.05, 0) is 17.5 Å². The maximum atomic E-state index is 13.0. The molecule has 0 radical (unpaired) electrons. The highest BCUT2D eigenvalue weighted by Crippen LogP contribution is 2.23. The molecule has 1 N–H and O–H groups in total. The van der Waals surface area contributed by atoms with Gasteiger partial charge < -0.3 is 14.6 Å². The molecule has 2 aromatic carbocycles. The van der Waals surface area contributed by atoms with E-state index in [4.69, 9.17) is 9.47 Å². The smallest absolute Gasteiger partial charge is 0.416 e. The van der Waals surface area contributed by atoms with E-state index in [0.717, 1.165) is 11.1 Å². The molecular formula is C24H29NO5. The van der Waals surface area contributed by atoms with Crippen molar-refractivity contribution in [2.75, 3.05) is 13.2 Å². The Bertz CT molecular complexity index is 826. The van der Waals surface area contributed by atoms with Gasteiger partial charge in [0.2, 0.25) is 5.91 Å². The first-order chi connectivity index (χ1) is 14.5. The molecule has 30 heavy (non-hydrogen) atoms. The highest BCUT2D eigenvalue weighted by atomic mass is 16.6. The topological polar surface area (TPSA) is 76.1 Å². The van der Waals surface area contributed by atoms with Gasteiger partial charge in [-0.15, -0.1) is 0 Å². The van der Waals surface area contributed by atoms with Crippen molar-refractivity contribution in [3.05, 3.63) is 71.8 Å². The molecule has 0 bridgehead atoms. The largest absolute Gasteiger partial charge is 0.447 e. The third-order valence-electron chi connectivity index (χ3n) is 5.49. The summed E-state index contributed by atoms with van der Waals surface area (Å²) in [5.41, 5.74) is 2.07. The van der Waals surface area contributed by atoms with Crippen LogP contribution < -0.4 is 0 Å². The number of imide groups is 1. The summed E-state index contributed by atoms with van der Waals surface area (Å²) in [7, 11) is 0. The third kappa shape index (κ3) is 5.46. The maximum Gasteiger partial charge on any atom is 0.416 e. The number of rotatable bonds is 9. The van der Waals surface area contributed by atoms with Crippen molar-refractivity contribution in [1.82, 2.24) is 4.90 Å². The van der Waals surface area contributed by atoms with E-state index < -0.39 is 24.0 Å². The van der Waals surface area contributed by atoms with Gasteiger partial charge in [-0.1, -0.05) is 74.5 Å². The number of hydrogen-bond donors (Lipinski definition) is 1. The zero-order chi connectivity index (χ0) is 21.5. The minimum atomic E-state index is -0.931. The maximum absolute atomic E-state index is 13.0. The van der Waals surface area contributed by atoms with Gasteiger partial charge in [0.05, 0.1) is 31.3 Å². The monoisotopic (exact) mass is 411 g/mol. The van der Waals surface area contributed by atoms with Crippen LogP contribution in [0.3, 0.4) is 0 Å². The standard InChI is InChI=1S/C24H29NO5/c1-17(14-29-15-20-11-7-4-8-12-20)22(26)18(2)23(27)25-21(16-30-24(25)28)13-19-9-5-3-6-10-19/h3-12,17-18,21-22,26H,13-16H2,1-2H3/t17-,18+,21+,22-/m0/s1. The lowest BCUT2D eigenvalue weighted by molar-refractivity contribution is -0.138. The number of benzene rings is 2. The Hall–Kier alpha value is -2.70. The zero-order valence-corrected chi connectivity index (χ0v) is 17.4. The van der Waals surface area contributed by atoms with Gasteiger partial charge in [-0.2, -0.15) is 0 Å². The Kier molecular flexibility index (Phi) is 7.60. The fourth-order valence-corrected chi connectivity index (χ4v) is 3.66. The molecule has 1 saturated heterocycles. The lowest BCUT2D eigenvalue weighted by Gasteiger charge is -2.28. The molecule has 0 unspecified atom stereocenters. The van der Waals surface area contributed by atoms with E-state index in [9.17, 15) is 14.7 Å². The van der Waals surface area contributed by atoms with Crippen molar-refractivity contribution in [1.29, 1.82) is 0 Å². The summed E-state index contributed by atoms with van der Waals surface area (Å²) in [5.74, 6) is -1.43. The van der Waals surface area contributed by atoms with Crippen LogP contribution in [0.1, 0.15) is 25.0 Å². The van der Waals surface area contributed by atoms with Crippen LogP contribution in [0.15, 0.2) is 60.7 Å². The molecule has 1 heterocycles. The molecule has 160 valence electrons. The minimum Gasteiger partial charge on any atom is -0.447 e. The van der Waals surface area contributed by atoms with Crippen LogP contribution in [0.5, 0.6) is 0 Å². The number of carbonyl (C=O) groups excluding carboxylic acids is 2. The normalized spacial score (nSPS) is 19.2. The molecule has 1 aliphatic heterocycles. The second kappa shape index (κ2) is 10.4. The summed E-state index contributed by atoms with van der Waals surface area (Å²) >= 11 is 0. The van der Waals surface area contributed by atoms with Crippen molar-refractivity contribution in [2.45, 2.75) is 39.0 Å². The zero-order valence-electron chi connectivity index (χ0n) is 17.4. The molecule has 4 atom stereocenters. The van der Waals surface area contributed by atoms with Crippen molar-refractivity contribution >= 4 is 12.0 Å². The molecule has 0 aliphatic carbocycles. The number of nitrogens with zero attached hydrogens (tertiary/aromatic N) is 1. The average Bonchev–Trinajstić information content (AvgIpc) is 3.13. The summed E-state index contributed by atoms with van der Waals surface area (Å²) in [4.78, 5) is 26.4. The second-order valence-corrected chi connectivity index (χ2v) is 7.89. The van der Waals surface area contributed by atoms with Crippen molar-refractivity contribution in [2.24, 2.45) is 11.8 Å². The van der Waals surface area contributed by atoms with Crippen LogP contribution >= 0.6 is 0 Å². The molecule has 0 aromatic heterocycles. The number of amides is 2. The van der Waals surface area contributed by atoms with E-state index in [1.54, 1.807) is 6.92 Å². The van der Waals surface area contributed by atoms with Gasteiger partial charge in [-0.3, -0.25) is 4.79 Å². The lowest BCUT2D eigenvalue weighted by atomic mass is 9.92. The molecule has 3 rings (SSSR count). The highest BCUT2D eigenvalue weighted by Gasteiger charge is 2.42. The SMILES string of the molecule is C[C@@H](COCc1ccccc1)[C@H](O)[C@@H](C)C(=O)N1C(=O)OC[C@H]1Cc1ccccc1. The van der Waals surface area contributed by atoms with Gasteiger partial charge in [0.25, 0.3) is 0 Å². The molecule has 1 aliphatic rings. The first kappa shape index (κ1) is 22.0. The summed E-state index contributed by atoms with van der Waals surface area (Å²) in [6.07, 6.45) is -1.05. The minimum absolute atomic E-state index is 0.165. The van der Waals surface area contributed by atoms with Crippen molar-refractivity contribution in [3.63, 3.8) is 0 Å². The van der Waals surface area contributed by atoms with Crippen LogP contribution in [0.25, 0.3) is 0 Å². The van der Waals surface area contributed by atoms with Gasteiger partial charge in [0.1, 0.15) is 6.61 Å². The first-order valence-electron chi connectivity index (χ1n) is 10.3. The number of aliphatic hydroxyl groups is 1. The van der Waals surface area contributed by atoms with Crippen molar-refractivity contribution in [3.8, 4) is 0 Å². The Labute approximate surface area is 177 Å². The number of aliphatic hydroxyl groups excluding tert-OH is 1. The lowest BCUT2D eigenvalue weighted by Crippen LogP contribution is -2.47. The summed E-state index contributed by atoms with van der Waals surface area (Å²) in [5, 5.41) is 10.7. The van der Waals surface area contributed by atoms with Crippen LogP contribution in [0, 0.1) is 11.8 Å². The van der Waals surface area contributed by atoms with E-state index in [-0.39, 0.29) is 18.6 Å². The van der Waals surface area contributed by atoms with Gasteiger partial charge >= 0.3 is 6.09 Å². The Morgan fingerprint density at radius 2 is 1.70 bits per heavy atom. The predicted octanol–water partition coefficient (Wildman–Crippen LogP) is 3.43. The highest BCUT2D eigenvalue weighted by molar-refractivity contribution is 5.95. The molecule has 0 spiro atoms. The second-order valence-electron chi connectivity index (χ2n) is 7.89. The molecule has 2 amide bonds. The van der Waals surface area contributed by atoms with Crippen LogP contribution in [-0.4, -0.2) is 47.4 Å². The van der Waals surface area contributed by atoms with E-state index in [0.29, 0.717) is 19.6 Å². The number of ether oxygens (including phenoxy) is 2. The molecule has 6 nitrogen and oxygen atoms in total. The molecule has 6 heteroatoms. The number of hydrogen-bond acceptors (Lipinski definition) is 5. The quantitative estimate of drug-likeness (QED) is 0.684. The third-order valence-corrected chi connectivity index (χ3v) is 5.49. The molecule has 2 aromatic rings. The van der Waals surface area contributed by atoms with Gasteiger partial charge in [-0.25, -0.2) is 9.69 Å². The summed E-state index contributed by atoms with van der Waals surface area (Å²) in [6, 6.07) is 19.1. The van der Waals surface area contributed by atoms with Crippen LogP contribution in [0.2, 0.25) is 0 Å². The fraction of sp³-hybridized carbons (Fsp3) is 0.417.